The molecule has 0 bridgehead atoms. The molecule has 0 fully saturated rings. The molecule has 1 aromatic rings. The van der Waals surface area contributed by atoms with E-state index in [1.165, 1.54) is 19.1 Å². The average Bonchev–Trinajstić information content (AvgIpc) is 2.59. The number of carbonyl (C=O) groups is 2. The molecule has 158 valence electrons. The van der Waals surface area contributed by atoms with Crippen molar-refractivity contribution < 1.29 is 23.5 Å². The van der Waals surface area contributed by atoms with Crippen LogP contribution in [0, 0.1) is 11.6 Å². The number of halogens is 2. The molecule has 1 aromatic carbocycles. The molecule has 0 saturated carbocycles. The number of hydrogen-bond donors (Lipinski definition) is 3. The molecule has 7 heteroatoms. The lowest BCUT2D eigenvalue weighted by Gasteiger charge is -2.27. The van der Waals surface area contributed by atoms with Gasteiger partial charge in [0.15, 0.2) is 0 Å². The van der Waals surface area contributed by atoms with Crippen molar-refractivity contribution in [3.8, 4) is 0 Å². The summed E-state index contributed by atoms with van der Waals surface area (Å²) in [5, 5.41) is 16.2. The molecule has 0 aromatic heterocycles. The van der Waals surface area contributed by atoms with E-state index in [0.29, 0.717) is 18.4 Å². The van der Waals surface area contributed by atoms with Gasteiger partial charge in [-0.3, -0.25) is 9.59 Å². The molecular formula is C21H32F2N2O3. The fraction of sp³-hybridized carbons (Fsp3) is 0.619. The predicted octanol–water partition coefficient (Wildman–Crippen LogP) is 3.24. The molecule has 0 radical (unpaired) electrons. The first-order valence-electron chi connectivity index (χ1n) is 9.94. The molecule has 0 spiro atoms. The Kier molecular flexibility index (Phi) is 10.7. The summed E-state index contributed by atoms with van der Waals surface area (Å²) in [4.78, 5) is 23.6. The molecule has 3 N–H and O–H groups in total. The molecule has 0 heterocycles. The number of hydrogen-bond acceptors (Lipinski definition) is 3. The zero-order chi connectivity index (χ0) is 21.1. The summed E-state index contributed by atoms with van der Waals surface area (Å²) >= 11 is 0. The van der Waals surface area contributed by atoms with Crippen LogP contribution in [-0.2, 0) is 16.0 Å². The Bertz CT molecular complexity index is 620. The van der Waals surface area contributed by atoms with Crippen LogP contribution in [0.3, 0.4) is 0 Å². The van der Waals surface area contributed by atoms with Crippen molar-refractivity contribution in [2.45, 2.75) is 83.9 Å². The Morgan fingerprint density at radius 3 is 2.25 bits per heavy atom. The van der Waals surface area contributed by atoms with Crippen molar-refractivity contribution in [2.24, 2.45) is 0 Å². The zero-order valence-electron chi connectivity index (χ0n) is 16.9. The Balaban J connectivity index is 2.74. The highest BCUT2D eigenvalue weighted by atomic mass is 19.1. The minimum Gasteiger partial charge on any atom is -0.391 e. The maximum atomic E-state index is 13.4. The van der Waals surface area contributed by atoms with E-state index in [1.807, 2.05) is 6.92 Å². The molecule has 28 heavy (non-hydrogen) atoms. The van der Waals surface area contributed by atoms with Crippen molar-refractivity contribution >= 4 is 11.8 Å². The molecule has 3 unspecified atom stereocenters. The van der Waals surface area contributed by atoms with Gasteiger partial charge in [0, 0.05) is 25.5 Å². The SMILES string of the molecule is CCCCCC(=O)NC(CC)CC(O)C(Cc1cc(F)cc(F)c1)NC(C)=O. The van der Waals surface area contributed by atoms with E-state index in [-0.39, 0.29) is 30.7 Å². The third-order valence-electron chi connectivity index (χ3n) is 4.62. The smallest absolute Gasteiger partial charge is 0.220 e. The van der Waals surface area contributed by atoms with Crippen LogP contribution in [0.1, 0.15) is 64.9 Å². The summed E-state index contributed by atoms with van der Waals surface area (Å²) in [5.74, 6) is -1.83. The second-order valence-electron chi connectivity index (χ2n) is 7.22. The number of aliphatic hydroxyl groups excluding tert-OH is 1. The maximum absolute atomic E-state index is 13.4. The van der Waals surface area contributed by atoms with Crippen LogP contribution in [0.2, 0.25) is 0 Å². The van der Waals surface area contributed by atoms with E-state index in [4.69, 9.17) is 0 Å². The molecular weight excluding hydrogens is 366 g/mol. The molecule has 0 aliphatic carbocycles. The normalized spacial score (nSPS) is 14.2. The van der Waals surface area contributed by atoms with Crippen molar-refractivity contribution in [1.29, 1.82) is 0 Å². The largest absolute Gasteiger partial charge is 0.391 e. The Morgan fingerprint density at radius 1 is 1.07 bits per heavy atom. The first-order chi connectivity index (χ1) is 13.2. The number of nitrogens with one attached hydrogen (secondary N) is 2. The van der Waals surface area contributed by atoms with E-state index in [1.54, 1.807) is 0 Å². The maximum Gasteiger partial charge on any atom is 0.220 e. The van der Waals surface area contributed by atoms with Crippen LogP contribution in [0.25, 0.3) is 0 Å². The molecule has 3 atom stereocenters. The van der Waals surface area contributed by atoms with Gasteiger partial charge < -0.3 is 15.7 Å². The van der Waals surface area contributed by atoms with Gasteiger partial charge in [0.2, 0.25) is 11.8 Å². The van der Waals surface area contributed by atoms with Crippen LogP contribution in [0.15, 0.2) is 18.2 Å². The topological polar surface area (TPSA) is 78.4 Å². The number of carbonyl (C=O) groups excluding carboxylic acids is 2. The van der Waals surface area contributed by atoms with Crippen LogP contribution >= 0.6 is 0 Å². The fourth-order valence-electron chi connectivity index (χ4n) is 3.15. The second kappa shape index (κ2) is 12.4. The minimum atomic E-state index is -0.976. The standard InChI is InChI=1S/C21H32F2N2O3/c1-4-6-7-8-21(28)25-18(5-2)13-20(27)19(24-14(3)26)11-15-9-16(22)12-17(23)10-15/h9-10,12,18-20,27H,4-8,11,13H2,1-3H3,(H,24,26)(H,25,28). The molecule has 0 aliphatic heterocycles. The summed E-state index contributed by atoms with van der Waals surface area (Å²) in [6, 6.07) is 2.16. The van der Waals surface area contributed by atoms with Crippen molar-refractivity contribution in [1.82, 2.24) is 10.6 Å². The quantitative estimate of drug-likeness (QED) is 0.473. The van der Waals surface area contributed by atoms with Gasteiger partial charge in [0.1, 0.15) is 11.6 Å². The van der Waals surface area contributed by atoms with Gasteiger partial charge in [-0.15, -0.1) is 0 Å². The lowest BCUT2D eigenvalue weighted by Crippen LogP contribution is -2.47. The van der Waals surface area contributed by atoms with Gasteiger partial charge in [0.25, 0.3) is 0 Å². The van der Waals surface area contributed by atoms with E-state index >= 15 is 0 Å². The van der Waals surface area contributed by atoms with Crippen molar-refractivity contribution in [2.75, 3.05) is 0 Å². The summed E-state index contributed by atoms with van der Waals surface area (Å²) in [6.07, 6.45) is 3.24. The number of amides is 2. The number of benzene rings is 1. The number of aliphatic hydroxyl groups is 1. The Morgan fingerprint density at radius 2 is 1.71 bits per heavy atom. The zero-order valence-corrected chi connectivity index (χ0v) is 16.9. The van der Waals surface area contributed by atoms with Crippen molar-refractivity contribution in [3.05, 3.63) is 35.4 Å². The summed E-state index contributed by atoms with van der Waals surface area (Å²) in [6.45, 7) is 5.29. The van der Waals surface area contributed by atoms with E-state index in [9.17, 15) is 23.5 Å². The first kappa shape index (κ1) is 24.0. The minimum absolute atomic E-state index is 0.0595. The van der Waals surface area contributed by atoms with Crippen LogP contribution in [0.4, 0.5) is 8.78 Å². The van der Waals surface area contributed by atoms with Gasteiger partial charge in [-0.25, -0.2) is 8.78 Å². The lowest BCUT2D eigenvalue weighted by molar-refractivity contribution is -0.123. The lowest BCUT2D eigenvalue weighted by atomic mass is 9.95. The highest BCUT2D eigenvalue weighted by molar-refractivity contribution is 5.76. The Labute approximate surface area is 165 Å². The van der Waals surface area contributed by atoms with Crippen LogP contribution in [0.5, 0.6) is 0 Å². The average molecular weight is 398 g/mol. The van der Waals surface area contributed by atoms with Crippen LogP contribution in [-0.4, -0.2) is 35.1 Å². The number of unbranched alkanes of at least 4 members (excludes halogenated alkanes) is 2. The fourth-order valence-corrected chi connectivity index (χ4v) is 3.15. The highest BCUT2D eigenvalue weighted by Gasteiger charge is 2.25. The third-order valence-corrected chi connectivity index (χ3v) is 4.62. The van der Waals surface area contributed by atoms with E-state index in [2.05, 4.69) is 17.6 Å². The third kappa shape index (κ3) is 9.26. The van der Waals surface area contributed by atoms with Gasteiger partial charge in [0.05, 0.1) is 12.1 Å². The molecule has 5 nitrogen and oxygen atoms in total. The Hall–Kier alpha value is -2.02. The molecule has 2 amide bonds. The second-order valence-corrected chi connectivity index (χ2v) is 7.22. The van der Waals surface area contributed by atoms with Gasteiger partial charge in [-0.1, -0.05) is 26.7 Å². The summed E-state index contributed by atoms with van der Waals surface area (Å²) in [5.41, 5.74) is 0.340. The highest BCUT2D eigenvalue weighted by Crippen LogP contribution is 2.15. The number of rotatable bonds is 12. The van der Waals surface area contributed by atoms with Gasteiger partial charge in [-0.2, -0.15) is 0 Å². The van der Waals surface area contributed by atoms with E-state index in [0.717, 1.165) is 25.3 Å². The first-order valence-corrected chi connectivity index (χ1v) is 9.94. The predicted molar refractivity (Wildman–Crippen MR) is 105 cm³/mol. The van der Waals surface area contributed by atoms with Gasteiger partial charge in [-0.05, 0) is 43.4 Å². The summed E-state index contributed by atoms with van der Waals surface area (Å²) in [7, 11) is 0. The van der Waals surface area contributed by atoms with Gasteiger partial charge >= 0.3 is 0 Å². The molecule has 1 rings (SSSR count). The van der Waals surface area contributed by atoms with E-state index < -0.39 is 23.8 Å². The summed E-state index contributed by atoms with van der Waals surface area (Å²) < 4.78 is 26.9. The monoisotopic (exact) mass is 398 g/mol. The molecule has 0 saturated heterocycles. The van der Waals surface area contributed by atoms with Crippen molar-refractivity contribution in [3.63, 3.8) is 0 Å². The molecule has 0 aliphatic rings. The van der Waals surface area contributed by atoms with Crippen LogP contribution < -0.4 is 10.6 Å².